The minimum atomic E-state index is -0.500. The Morgan fingerprint density at radius 1 is 0.800 bits per heavy atom. The van der Waals surface area contributed by atoms with Crippen LogP contribution in [0.5, 0.6) is 0 Å². The number of amides is 3. The molecular formula is C22H24N2O6. The summed E-state index contributed by atoms with van der Waals surface area (Å²) >= 11 is 0. The van der Waals surface area contributed by atoms with Gasteiger partial charge in [-0.15, -0.1) is 0 Å². The van der Waals surface area contributed by atoms with Crippen LogP contribution in [0.3, 0.4) is 0 Å². The Labute approximate surface area is 174 Å². The van der Waals surface area contributed by atoms with Crippen molar-refractivity contribution >= 4 is 17.9 Å². The first-order valence-corrected chi connectivity index (χ1v) is 9.72. The summed E-state index contributed by atoms with van der Waals surface area (Å²) in [6.07, 6.45) is -0.500. The molecule has 0 fully saturated rings. The van der Waals surface area contributed by atoms with E-state index in [0.29, 0.717) is 37.5 Å². The minimum absolute atomic E-state index is 0.196. The molecule has 3 rings (SSSR count). The molecule has 1 aliphatic heterocycles. The normalized spacial score (nSPS) is 12.7. The third-order valence-corrected chi connectivity index (χ3v) is 4.44. The zero-order valence-electron chi connectivity index (χ0n) is 16.5. The van der Waals surface area contributed by atoms with Crippen LogP contribution < -0.4 is 5.32 Å². The second-order valence-corrected chi connectivity index (χ2v) is 6.52. The van der Waals surface area contributed by atoms with E-state index in [4.69, 9.17) is 14.2 Å². The molecule has 0 atom stereocenters. The molecule has 0 radical (unpaired) electrons. The quantitative estimate of drug-likeness (QED) is 0.449. The molecule has 158 valence electrons. The lowest BCUT2D eigenvalue weighted by atomic mass is 10.1. The summed E-state index contributed by atoms with van der Waals surface area (Å²) in [6, 6.07) is 16.2. The lowest BCUT2D eigenvalue weighted by Crippen LogP contribution is -2.33. The molecule has 8 heteroatoms. The van der Waals surface area contributed by atoms with Crippen molar-refractivity contribution in [2.45, 2.75) is 6.61 Å². The van der Waals surface area contributed by atoms with E-state index >= 15 is 0 Å². The van der Waals surface area contributed by atoms with Gasteiger partial charge in [-0.2, -0.15) is 0 Å². The van der Waals surface area contributed by atoms with Crippen LogP contribution in [0, 0.1) is 0 Å². The maximum atomic E-state index is 12.2. The lowest BCUT2D eigenvalue weighted by Gasteiger charge is -2.13. The Hall–Kier alpha value is -3.23. The van der Waals surface area contributed by atoms with E-state index in [-0.39, 0.29) is 31.6 Å². The Kier molecular flexibility index (Phi) is 7.94. The van der Waals surface area contributed by atoms with Gasteiger partial charge in [0, 0.05) is 6.54 Å². The lowest BCUT2D eigenvalue weighted by molar-refractivity contribution is 0.0358. The molecule has 1 N–H and O–H groups in total. The molecule has 0 saturated carbocycles. The fraction of sp³-hybridized carbons (Fsp3) is 0.318. The number of carbonyl (C=O) groups excluding carboxylic acids is 3. The Morgan fingerprint density at radius 3 is 2.07 bits per heavy atom. The average Bonchev–Trinajstić information content (AvgIpc) is 3.02. The smallest absolute Gasteiger partial charge is 0.407 e. The topological polar surface area (TPSA) is 94.2 Å². The fourth-order valence-corrected chi connectivity index (χ4v) is 2.92. The molecule has 8 nitrogen and oxygen atoms in total. The maximum Gasteiger partial charge on any atom is 0.407 e. The third kappa shape index (κ3) is 5.88. The van der Waals surface area contributed by atoms with Gasteiger partial charge in [0.25, 0.3) is 11.8 Å². The number of imide groups is 1. The van der Waals surface area contributed by atoms with Crippen molar-refractivity contribution < 1.29 is 28.6 Å². The van der Waals surface area contributed by atoms with Gasteiger partial charge in [-0.3, -0.25) is 14.5 Å². The van der Waals surface area contributed by atoms with E-state index in [1.807, 2.05) is 30.3 Å². The number of rotatable bonds is 11. The monoisotopic (exact) mass is 412 g/mol. The van der Waals surface area contributed by atoms with Crippen LogP contribution in [0.1, 0.15) is 26.3 Å². The van der Waals surface area contributed by atoms with E-state index < -0.39 is 6.09 Å². The number of benzene rings is 2. The van der Waals surface area contributed by atoms with Crippen molar-refractivity contribution in [1.82, 2.24) is 10.2 Å². The van der Waals surface area contributed by atoms with Gasteiger partial charge < -0.3 is 19.5 Å². The van der Waals surface area contributed by atoms with Crippen LogP contribution in [-0.2, 0) is 20.8 Å². The average molecular weight is 412 g/mol. The number of carbonyl (C=O) groups is 3. The summed E-state index contributed by atoms with van der Waals surface area (Å²) in [5.41, 5.74) is 1.78. The number of ether oxygens (including phenoxy) is 3. The predicted molar refractivity (Wildman–Crippen MR) is 108 cm³/mol. The Balaban J connectivity index is 1.19. The van der Waals surface area contributed by atoms with Crippen LogP contribution in [0.15, 0.2) is 54.6 Å². The maximum absolute atomic E-state index is 12.2. The van der Waals surface area contributed by atoms with Crippen molar-refractivity contribution in [1.29, 1.82) is 0 Å². The molecule has 2 aromatic carbocycles. The van der Waals surface area contributed by atoms with Crippen LogP contribution in [-0.4, -0.2) is 62.3 Å². The minimum Gasteiger partial charge on any atom is -0.445 e. The van der Waals surface area contributed by atoms with E-state index in [0.717, 1.165) is 5.56 Å². The summed E-state index contributed by atoms with van der Waals surface area (Å²) in [5.74, 6) is -0.582. The van der Waals surface area contributed by atoms with Gasteiger partial charge in [-0.1, -0.05) is 42.5 Å². The van der Waals surface area contributed by atoms with Crippen molar-refractivity contribution in [3.05, 3.63) is 71.3 Å². The summed E-state index contributed by atoms with van der Waals surface area (Å²) in [4.78, 5) is 37.2. The van der Waals surface area contributed by atoms with Crippen LogP contribution >= 0.6 is 0 Å². The van der Waals surface area contributed by atoms with Crippen LogP contribution in [0.2, 0.25) is 0 Å². The zero-order chi connectivity index (χ0) is 21.2. The summed E-state index contributed by atoms with van der Waals surface area (Å²) < 4.78 is 15.9. The van der Waals surface area contributed by atoms with E-state index in [9.17, 15) is 14.4 Å². The number of nitrogens with zero attached hydrogens (tertiary/aromatic N) is 1. The third-order valence-electron chi connectivity index (χ3n) is 4.44. The van der Waals surface area contributed by atoms with Gasteiger partial charge in [-0.25, -0.2) is 4.79 Å². The number of hydrogen-bond acceptors (Lipinski definition) is 6. The molecule has 1 aliphatic rings. The highest BCUT2D eigenvalue weighted by atomic mass is 16.5. The molecule has 0 aromatic heterocycles. The van der Waals surface area contributed by atoms with Gasteiger partial charge in [-0.05, 0) is 17.7 Å². The molecule has 0 bridgehead atoms. The molecule has 30 heavy (non-hydrogen) atoms. The number of nitrogens with one attached hydrogen (secondary N) is 1. The molecular weight excluding hydrogens is 388 g/mol. The van der Waals surface area contributed by atoms with Gasteiger partial charge >= 0.3 is 6.09 Å². The Bertz CT molecular complexity index is 836. The highest BCUT2D eigenvalue weighted by Gasteiger charge is 2.34. The molecule has 0 spiro atoms. The van der Waals surface area contributed by atoms with Crippen molar-refractivity contribution in [2.75, 3.05) is 39.5 Å². The first-order chi connectivity index (χ1) is 14.7. The molecule has 0 saturated heterocycles. The van der Waals surface area contributed by atoms with E-state index in [2.05, 4.69) is 5.32 Å². The SMILES string of the molecule is O=C(NCCOCCOCCN1C(=O)c2ccccc2C1=O)OCc1ccccc1. The van der Waals surface area contributed by atoms with Crippen molar-refractivity contribution in [3.63, 3.8) is 0 Å². The van der Waals surface area contributed by atoms with Gasteiger partial charge in [0.05, 0.1) is 44.1 Å². The highest BCUT2D eigenvalue weighted by molar-refractivity contribution is 6.21. The molecule has 0 unspecified atom stereocenters. The zero-order valence-corrected chi connectivity index (χ0v) is 16.5. The molecule has 1 heterocycles. The molecule has 3 amide bonds. The fourth-order valence-electron chi connectivity index (χ4n) is 2.92. The first-order valence-electron chi connectivity index (χ1n) is 9.72. The van der Waals surface area contributed by atoms with E-state index in [1.165, 1.54) is 4.90 Å². The van der Waals surface area contributed by atoms with Crippen molar-refractivity contribution in [3.8, 4) is 0 Å². The molecule has 2 aromatic rings. The molecule has 0 aliphatic carbocycles. The first kappa shape index (κ1) is 21.5. The summed E-state index contributed by atoms with van der Waals surface area (Å²) in [7, 11) is 0. The number of fused-ring (bicyclic) bond motifs is 1. The summed E-state index contributed by atoms with van der Waals surface area (Å²) in [6.45, 7) is 1.95. The van der Waals surface area contributed by atoms with Gasteiger partial charge in [0.1, 0.15) is 6.61 Å². The second-order valence-electron chi connectivity index (χ2n) is 6.52. The van der Waals surface area contributed by atoms with Crippen molar-refractivity contribution in [2.24, 2.45) is 0 Å². The number of alkyl carbamates (subject to hydrolysis) is 1. The largest absolute Gasteiger partial charge is 0.445 e. The standard InChI is InChI=1S/C22H24N2O6/c25-20-18-8-4-5-9-19(18)21(26)24(20)11-13-29-15-14-28-12-10-23-22(27)30-16-17-6-2-1-3-7-17/h1-9H,10-16H2,(H,23,27). The second kappa shape index (κ2) is 11.1. The highest BCUT2D eigenvalue weighted by Crippen LogP contribution is 2.21. The van der Waals surface area contributed by atoms with E-state index in [1.54, 1.807) is 24.3 Å². The predicted octanol–water partition coefficient (Wildman–Crippen LogP) is 2.24. The van der Waals surface area contributed by atoms with Gasteiger partial charge in [0.15, 0.2) is 0 Å². The number of hydrogen-bond donors (Lipinski definition) is 1. The van der Waals surface area contributed by atoms with Crippen LogP contribution in [0.25, 0.3) is 0 Å². The Morgan fingerprint density at radius 2 is 1.40 bits per heavy atom. The van der Waals surface area contributed by atoms with Gasteiger partial charge in [0.2, 0.25) is 0 Å². The van der Waals surface area contributed by atoms with Crippen LogP contribution in [0.4, 0.5) is 4.79 Å². The summed E-state index contributed by atoms with van der Waals surface area (Å²) in [5, 5.41) is 2.60.